The van der Waals surface area contributed by atoms with Gasteiger partial charge in [0.2, 0.25) is 0 Å². The van der Waals surface area contributed by atoms with E-state index in [1.165, 1.54) is 17.8 Å². The predicted molar refractivity (Wildman–Crippen MR) is 79.2 cm³/mol. The van der Waals surface area contributed by atoms with Crippen molar-refractivity contribution < 1.29 is 8.78 Å². The Morgan fingerprint density at radius 1 is 1.05 bits per heavy atom. The van der Waals surface area contributed by atoms with E-state index >= 15 is 0 Å². The summed E-state index contributed by atoms with van der Waals surface area (Å²) >= 11 is 1.25. The van der Waals surface area contributed by atoms with Crippen LogP contribution in [0.2, 0.25) is 0 Å². The van der Waals surface area contributed by atoms with Crippen LogP contribution >= 0.6 is 11.8 Å². The molecule has 2 rings (SSSR count). The molecule has 0 bridgehead atoms. The van der Waals surface area contributed by atoms with Crippen LogP contribution in [0.4, 0.5) is 8.78 Å². The summed E-state index contributed by atoms with van der Waals surface area (Å²) in [6.45, 7) is 4.41. The molecule has 1 heterocycles. The summed E-state index contributed by atoms with van der Waals surface area (Å²) in [5.41, 5.74) is 8.81. The second-order valence-electron chi connectivity index (χ2n) is 4.50. The number of aryl methyl sites for hydroxylation is 1. The van der Waals surface area contributed by atoms with Gasteiger partial charge in [0.25, 0.3) is 0 Å². The minimum Gasteiger partial charge on any atom is -0.326 e. The van der Waals surface area contributed by atoms with E-state index < -0.39 is 11.6 Å². The molecule has 1 aromatic heterocycles. The molecule has 3 nitrogen and oxygen atoms in total. The third-order valence-corrected chi connectivity index (χ3v) is 4.24. The molecular weight excluding hydrogens is 292 g/mol. The van der Waals surface area contributed by atoms with Crippen LogP contribution in [-0.2, 0) is 19.4 Å². The second-order valence-corrected chi connectivity index (χ2v) is 5.56. The van der Waals surface area contributed by atoms with Crippen molar-refractivity contribution in [3.05, 3.63) is 46.7 Å². The van der Waals surface area contributed by atoms with E-state index in [1.807, 2.05) is 13.8 Å². The highest BCUT2D eigenvalue weighted by Gasteiger charge is 2.15. The van der Waals surface area contributed by atoms with Crippen molar-refractivity contribution >= 4 is 11.8 Å². The average molecular weight is 309 g/mol. The SMILES string of the molecule is CCc1nnc(Sc2ccc(F)c(F)c2)c(CN)c1CC. The monoisotopic (exact) mass is 309 g/mol. The van der Waals surface area contributed by atoms with Crippen LogP contribution in [0.25, 0.3) is 0 Å². The first-order chi connectivity index (χ1) is 10.1. The fourth-order valence-corrected chi connectivity index (χ4v) is 3.11. The Labute approximate surface area is 127 Å². The number of rotatable bonds is 5. The molecule has 0 saturated heterocycles. The third-order valence-electron chi connectivity index (χ3n) is 3.23. The van der Waals surface area contributed by atoms with Crippen molar-refractivity contribution in [2.45, 2.75) is 43.2 Å². The zero-order valence-corrected chi connectivity index (χ0v) is 12.8. The fourth-order valence-electron chi connectivity index (χ4n) is 2.18. The molecular formula is C15H17F2N3S. The van der Waals surface area contributed by atoms with Crippen LogP contribution < -0.4 is 5.73 Å². The molecule has 2 aromatic rings. The maximum absolute atomic E-state index is 13.3. The summed E-state index contributed by atoms with van der Waals surface area (Å²) in [7, 11) is 0. The average Bonchev–Trinajstić information content (AvgIpc) is 2.50. The van der Waals surface area contributed by atoms with E-state index in [2.05, 4.69) is 10.2 Å². The van der Waals surface area contributed by atoms with Crippen LogP contribution in [0, 0.1) is 11.6 Å². The number of benzene rings is 1. The van der Waals surface area contributed by atoms with Crippen molar-refractivity contribution in [3.63, 3.8) is 0 Å². The Balaban J connectivity index is 2.41. The zero-order valence-electron chi connectivity index (χ0n) is 12.0. The Morgan fingerprint density at radius 3 is 2.38 bits per heavy atom. The standard InChI is InChI=1S/C15H17F2N3S/c1-3-10-11(8-18)15(20-19-14(10)4-2)21-9-5-6-12(16)13(17)7-9/h5-7H,3-4,8,18H2,1-2H3. The van der Waals surface area contributed by atoms with E-state index in [4.69, 9.17) is 5.73 Å². The number of aromatic nitrogens is 2. The number of halogens is 2. The molecule has 6 heteroatoms. The van der Waals surface area contributed by atoms with Crippen molar-refractivity contribution in [2.75, 3.05) is 0 Å². The normalized spacial score (nSPS) is 10.9. The molecule has 0 spiro atoms. The maximum Gasteiger partial charge on any atom is 0.159 e. The predicted octanol–water partition coefficient (Wildman–Crippen LogP) is 3.49. The number of nitrogens with zero attached hydrogens (tertiary/aromatic N) is 2. The van der Waals surface area contributed by atoms with Crippen LogP contribution in [0.3, 0.4) is 0 Å². The van der Waals surface area contributed by atoms with Crippen LogP contribution in [0.5, 0.6) is 0 Å². The van der Waals surface area contributed by atoms with Gasteiger partial charge in [0.05, 0.1) is 5.69 Å². The van der Waals surface area contributed by atoms with E-state index in [1.54, 1.807) is 0 Å². The first-order valence-corrected chi connectivity index (χ1v) is 7.62. The lowest BCUT2D eigenvalue weighted by Gasteiger charge is -2.13. The van der Waals surface area contributed by atoms with Crippen LogP contribution in [-0.4, -0.2) is 10.2 Å². The summed E-state index contributed by atoms with van der Waals surface area (Å²) in [5.74, 6) is -1.73. The molecule has 1 aromatic carbocycles. The van der Waals surface area contributed by atoms with Gasteiger partial charge in [-0.2, -0.15) is 5.10 Å². The topological polar surface area (TPSA) is 51.8 Å². The van der Waals surface area contributed by atoms with Gasteiger partial charge in [0.1, 0.15) is 5.03 Å². The summed E-state index contributed by atoms with van der Waals surface area (Å²) in [4.78, 5) is 0.573. The van der Waals surface area contributed by atoms with Gasteiger partial charge < -0.3 is 5.73 Å². The number of nitrogens with two attached hydrogens (primary N) is 1. The second kappa shape index (κ2) is 6.95. The van der Waals surface area contributed by atoms with Gasteiger partial charge in [-0.05, 0) is 36.6 Å². The summed E-state index contributed by atoms with van der Waals surface area (Å²) in [6, 6.07) is 3.78. The Morgan fingerprint density at radius 2 is 1.81 bits per heavy atom. The third kappa shape index (κ3) is 3.39. The molecule has 21 heavy (non-hydrogen) atoms. The van der Waals surface area contributed by atoms with Crippen LogP contribution in [0.15, 0.2) is 28.1 Å². The molecule has 0 fully saturated rings. The fraction of sp³-hybridized carbons (Fsp3) is 0.333. The van der Waals surface area contributed by atoms with Crippen molar-refractivity contribution in [1.82, 2.24) is 10.2 Å². The molecule has 0 aliphatic heterocycles. The Bertz CT molecular complexity index is 647. The molecule has 0 aliphatic rings. The quantitative estimate of drug-likeness (QED) is 0.918. The molecule has 0 saturated carbocycles. The highest BCUT2D eigenvalue weighted by Crippen LogP contribution is 2.31. The van der Waals surface area contributed by atoms with Crippen molar-refractivity contribution in [2.24, 2.45) is 5.73 Å². The highest BCUT2D eigenvalue weighted by molar-refractivity contribution is 7.99. The molecule has 0 amide bonds. The lowest BCUT2D eigenvalue weighted by Crippen LogP contribution is -2.10. The van der Waals surface area contributed by atoms with Gasteiger partial charge in [-0.3, -0.25) is 0 Å². The molecule has 0 atom stereocenters. The first-order valence-electron chi connectivity index (χ1n) is 6.80. The smallest absolute Gasteiger partial charge is 0.159 e. The van der Waals surface area contributed by atoms with Gasteiger partial charge in [-0.15, -0.1) is 5.10 Å². The molecule has 0 radical (unpaired) electrons. The van der Waals surface area contributed by atoms with Gasteiger partial charge in [-0.1, -0.05) is 25.6 Å². The van der Waals surface area contributed by atoms with E-state index in [9.17, 15) is 8.78 Å². The summed E-state index contributed by atoms with van der Waals surface area (Å²) < 4.78 is 26.2. The summed E-state index contributed by atoms with van der Waals surface area (Å²) in [5, 5.41) is 9.06. The summed E-state index contributed by atoms with van der Waals surface area (Å²) in [6.07, 6.45) is 1.61. The van der Waals surface area contributed by atoms with Gasteiger partial charge in [0, 0.05) is 17.0 Å². The minimum atomic E-state index is -0.872. The maximum atomic E-state index is 13.3. The van der Waals surface area contributed by atoms with E-state index in [0.717, 1.165) is 41.8 Å². The highest BCUT2D eigenvalue weighted by atomic mass is 32.2. The van der Waals surface area contributed by atoms with Gasteiger partial charge in [0.15, 0.2) is 11.6 Å². The first kappa shape index (κ1) is 15.9. The van der Waals surface area contributed by atoms with E-state index in [-0.39, 0.29) is 0 Å². The van der Waals surface area contributed by atoms with Crippen molar-refractivity contribution in [1.29, 1.82) is 0 Å². The lowest BCUT2D eigenvalue weighted by molar-refractivity contribution is 0.506. The Kier molecular flexibility index (Phi) is 5.25. The molecule has 2 N–H and O–H groups in total. The molecule has 0 unspecified atom stereocenters. The Hall–Kier alpha value is -1.53. The number of hydrogen-bond acceptors (Lipinski definition) is 4. The lowest BCUT2D eigenvalue weighted by atomic mass is 10.0. The van der Waals surface area contributed by atoms with Crippen LogP contribution in [0.1, 0.15) is 30.7 Å². The molecule has 112 valence electrons. The van der Waals surface area contributed by atoms with E-state index in [0.29, 0.717) is 16.5 Å². The van der Waals surface area contributed by atoms with Gasteiger partial charge >= 0.3 is 0 Å². The largest absolute Gasteiger partial charge is 0.326 e. The van der Waals surface area contributed by atoms with Gasteiger partial charge in [-0.25, -0.2) is 8.78 Å². The van der Waals surface area contributed by atoms with Crippen molar-refractivity contribution in [3.8, 4) is 0 Å². The minimum absolute atomic E-state index is 0.345. The molecule has 0 aliphatic carbocycles. The number of hydrogen-bond donors (Lipinski definition) is 1. The zero-order chi connectivity index (χ0) is 15.4.